The lowest BCUT2D eigenvalue weighted by Crippen LogP contribution is -2.39. The number of rotatable bonds is 4. The lowest BCUT2D eigenvalue weighted by Gasteiger charge is -2.25. The Labute approximate surface area is 114 Å². The summed E-state index contributed by atoms with van der Waals surface area (Å²) in [6, 6.07) is 8.82. The highest BCUT2D eigenvalue weighted by molar-refractivity contribution is 7.89. The highest BCUT2D eigenvalue weighted by atomic mass is 32.2. The van der Waals surface area contributed by atoms with Gasteiger partial charge in [-0.1, -0.05) is 25.0 Å². The van der Waals surface area contributed by atoms with Crippen molar-refractivity contribution < 1.29 is 8.42 Å². The predicted octanol–water partition coefficient (Wildman–Crippen LogP) is 2.45. The van der Waals surface area contributed by atoms with Crippen LogP contribution in [0.2, 0.25) is 0 Å². The van der Waals surface area contributed by atoms with Gasteiger partial charge in [0.25, 0.3) is 0 Å². The monoisotopic (exact) mass is 278 g/mol. The van der Waals surface area contributed by atoms with Gasteiger partial charge in [-0.2, -0.15) is 9.57 Å². The first-order valence-corrected chi connectivity index (χ1v) is 7.95. The van der Waals surface area contributed by atoms with Crippen LogP contribution in [-0.4, -0.2) is 25.3 Å². The van der Waals surface area contributed by atoms with E-state index < -0.39 is 10.0 Å². The largest absolute Gasteiger partial charge is 0.244 e. The fourth-order valence-electron chi connectivity index (χ4n) is 2.58. The van der Waals surface area contributed by atoms with Crippen LogP contribution in [0, 0.1) is 18.3 Å². The van der Waals surface area contributed by atoms with Crippen LogP contribution in [0.25, 0.3) is 0 Å². The number of hydrogen-bond acceptors (Lipinski definition) is 3. The molecular formula is C14H18N2O2S. The Kier molecular flexibility index (Phi) is 4.23. The van der Waals surface area contributed by atoms with Crippen molar-refractivity contribution in [2.24, 2.45) is 0 Å². The van der Waals surface area contributed by atoms with Gasteiger partial charge in [-0.05, 0) is 37.5 Å². The van der Waals surface area contributed by atoms with Crippen molar-refractivity contribution in [2.45, 2.75) is 43.5 Å². The fourth-order valence-corrected chi connectivity index (χ4v) is 4.27. The van der Waals surface area contributed by atoms with E-state index in [1.165, 1.54) is 4.31 Å². The van der Waals surface area contributed by atoms with Crippen molar-refractivity contribution in [2.75, 3.05) is 6.54 Å². The molecule has 1 saturated carbocycles. The van der Waals surface area contributed by atoms with Crippen molar-refractivity contribution in [1.82, 2.24) is 4.31 Å². The third-order valence-electron chi connectivity index (χ3n) is 3.55. The highest BCUT2D eigenvalue weighted by Crippen LogP contribution is 2.28. The van der Waals surface area contributed by atoms with Crippen LogP contribution in [0.1, 0.15) is 31.2 Å². The van der Waals surface area contributed by atoms with Crippen molar-refractivity contribution in [3.8, 4) is 6.07 Å². The molecule has 0 heterocycles. The van der Waals surface area contributed by atoms with E-state index in [9.17, 15) is 8.42 Å². The fraction of sp³-hybridized carbons (Fsp3) is 0.500. The SMILES string of the molecule is Cc1cccc(S(=O)(=O)N(CC#N)C2CCCC2)c1. The molecule has 19 heavy (non-hydrogen) atoms. The van der Waals surface area contributed by atoms with Crippen molar-refractivity contribution >= 4 is 10.0 Å². The maximum Gasteiger partial charge on any atom is 0.244 e. The number of nitrogens with zero attached hydrogens (tertiary/aromatic N) is 2. The predicted molar refractivity (Wildman–Crippen MR) is 72.9 cm³/mol. The average molecular weight is 278 g/mol. The second kappa shape index (κ2) is 5.72. The zero-order chi connectivity index (χ0) is 13.9. The summed E-state index contributed by atoms with van der Waals surface area (Å²) < 4.78 is 26.6. The molecule has 0 amide bonds. The molecule has 1 aliphatic carbocycles. The normalized spacial score (nSPS) is 16.7. The lowest BCUT2D eigenvalue weighted by atomic mass is 10.2. The third-order valence-corrected chi connectivity index (χ3v) is 5.45. The average Bonchev–Trinajstić information content (AvgIpc) is 2.89. The molecule has 1 aliphatic rings. The Balaban J connectivity index is 2.37. The van der Waals surface area contributed by atoms with Crippen LogP contribution >= 0.6 is 0 Å². The van der Waals surface area contributed by atoms with E-state index >= 15 is 0 Å². The molecule has 0 saturated heterocycles. The van der Waals surface area contributed by atoms with Gasteiger partial charge in [-0.3, -0.25) is 0 Å². The second-order valence-corrected chi connectivity index (χ2v) is 6.85. The van der Waals surface area contributed by atoms with E-state index in [0.717, 1.165) is 31.2 Å². The second-order valence-electron chi connectivity index (χ2n) is 4.96. The lowest BCUT2D eigenvalue weighted by molar-refractivity contribution is 0.350. The Morgan fingerprint density at radius 1 is 1.37 bits per heavy atom. The summed E-state index contributed by atoms with van der Waals surface area (Å²) in [4.78, 5) is 0.287. The summed E-state index contributed by atoms with van der Waals surface area (Å²) in [5, 5.41) is 8.91. The van der Waals surface area contributed by atoms with Crippen LogP contribution in [0.5, 0.6) is 0 Å². The number of benzene rings is 1. The van der Waals surface area contributed by atoms with E-state index in [4.69, 9.17) is 5.26 Å². The van der Waals surface area contributed by atoms with Gasteiger partial charge in [0.05, 0.1) is 11.0 Å². The molecule has 0 radical (unpaired) electrons. The molecule has 102 valence electrons. The maximum atomic E-state index is 12.6. The van der Waals surface area contributed by atoms with E-state index in [0.29, 0.717) is 0 Å². The van der Waals surface area contributed by atoms with Crippen LogP contribution in [-0.2, 0) is 10.0 Å². The van der Waals surface area contributed by atoms with E-state index in [-0.39, 0.29) is 17.5 Å². The molecule has 1 aromatic carbocycles. The molecule has 5 heteroatoms. The van der Waals surface area contributed by atoms with Gasteiger partial charge in [0.2, 0.25) is 10.0 Å². The van der Waals surface area contributed by atoms with Gasteiger partial charge >= 0.3 is 0 Å². The standard InChI is InChI=1S/C14H18N2O2S/c1-12-5-4-8-14(11-12)19(17,18)16(10-9-15)13-6-2-3-7-13/h4-5,8,11,13H,2-3,6-7,10H2,1H3. The van der Waals surface area contributed by atoms with Crippen LogP contribution < -0.4 is 0 Å². The molecule has 0 aliphatic heterocycles. The smallest absolute Gasteiger partial charge is 0.207 e. The topological polar surface area (TPSA) is 61.2 Å². The molecule has 4 nitrogen and oxygen atoms in total. The molecular weight excluding hydrogens is 260 g/mol. The summed E-state index contributed by atoms with van der Waals surface area (Å²) in [5.74, 6) is 0. The van der Waals surface area contributed by atoms with E-state index in [1.54, 1.807) is 18.2 Å². The summed E-state index contributed by atoms with van der Waals surface area (Å²) >= 11 is 0. The molecule has 0 atom stereocenters. The zero-order valence-electron chi connectivity index (χ0n) is 11.0. The van der Waals surface area contributed by atoms with E-state index in [2.05, 4.69) is 0 Å². The van der Waals surface area contributed by atoms with E-state index in [1.807, 2.05) is 19.1 Å². The quantitative estimate of drug-likeness (QED) is 0.795. The Morgan fingerprint density at radius 2 is 2.05 bits per heavy atom. The van der Waals surface area contributed by atoms with Crippen LogP contribution in [0.4, 0.5) is 0 Å². The molecule has 2 rings (SSSR count). The number of aryl methyl sites for hydroxylation is 1. The van der Waals surface area contributed by atoms with Gasteiger partial charge in [0, 0.05) is 6.04 Å². The first-order valence-electron chi connectivity index (χ1n) is 6.51. The molecule has 0 bridgehead atoms. The minimum Gasteiger partial charge on any atom is -0.207 e. The summed E-state index contributed by atoms with van der Waals surface area (Å²) in [6.45, 7) is 1.80. The number of hydrogen-bond donors (Lipinski definition) is 0. The molecule has 0 spiro atoms. The Bertz CT molecular complexity index is 584. The third kappa shape index (κ3) is 2.96. The minimum atomic E-state index is -3.56. The Morgan fingerprint density at radius 3 is 2.63 bits per heavy atom. The van der Waals surface area contributed by atoms with Crippen molar-refractivity contribution in [3.63, 3.8) is 0 Å². The molecule has 0 N–H and O–H groups in total. The van der Waals surface area contributed by atoms with Crippen molar-refractivity contribution in [3.05, 3.63) is 29.8 Å². The molecule has 0 unspecified atom stereocenters. The van der Waals surface area contributed by atoms with Crippen molar-refractivity contribution in [1.29, 1.82) is 5.26 Å². The van der Waals surface area contributed by atoms with Gasteiger partial charge in [-0.25, -0.2) is 8.42 Å². The zero-order valence-corrected chi connectivity index (χ0v) is 11.9. The summed E-state index contributed by atoms with van der Waals surface area (Å²) in [5.41, 5.74) is 0.907. The highest BCUT2D eigenvalue weighted by Gasteiger charge is 2.32. The molecule has 1 aromatic rings. The molecule has 1 fully saturated rings. The number of nitriles is 1. The van der Waals surface area contributed by atoms with Gasteiger partial charge < -0.3 is 0 Å². The minimum absolute atomic E-state index is 0.0230. The number of sulfonamides is 1. The molecule has 0 aromatic heterocycles. The summed E-state index contributed by atoms with van der Waals surface area (Å²) in [6.07, 6.45) is 3.78. The van der Waals surface area contributed by atoms with Gasteiger partial charge in [-0.15, -0.1) is 0 Å². The van der Waals surface area contributed by atoms with Crippen LogP contribution in [0.15, 0.2) is 29.2 Å². The first-order chi connectivity index (χ1) is 9.05. The van der Waals surface area contributed by atoms with Crippen LogP contribution in [0.3, 0.4) is 0 Å². The first kappa shape index (κ1) is 14.0. The summed E-state index contributed by atoms with van der Waals surface area (Å²) in [7, 11) is -3.56. The van der Waals surface area contributed by atoms with Gasteiger partial charge in [0.15, 0.2) is 0 Å². The maximum absolute atomic E-state index is 12.6. The Hall–Kier alpha value is -1.38. The van der Waals surface area contributed by atoms with Gasteiger partial charge in [0.1, 0.15) is 6.54 Å².